The average Bonchev–Trinajstić information content (AvgIpc) is 1.49. The highest BCUT2D eigenvalue weighted by molar-refractivity contribution is 7.99. The molecule has 2 unspecified atom stereocenters. The number of aryl methyl sites for hydroxylation is 1. The van der Waals surface area contributed by atoms with Gasteiger partial charge in [-0.15, -0.1) is 23.1 Å². The van der Waals surface area contributed by atoms with Crippen LogP contribution in [-0.4, -0.2) is 209 Å². The van der Waals surface area contributed by atoms with Crippen LogP contribution in [-0.2, 0) is 48.6 Å². The maximum absolute atomic E-state index is 14.8. The summed E-state index contributed by atoms with van der Waals surface area (Å²) in [6.45, 7) is 19.6. The Hall–Kier alpha value is -7.90. The number of benzene rings is 5. The summed E-state index contributed by atoms with van der Waals surface area (Å²) in [6.07, 6.45) is 5.60. The lowest BCUT2D eigenvalue weighted by molar-refractivity contribution is -0.146. The molecule has 111 heavy (non-hydrogen) atoms. The number of nitrogens with one attached hydrogen (secondary N) is 4. The third-order valence-corrected chi connectivity index (χ3v) is 27.0. The minimum atomic E-state index is -6.12. The first-order valence-electron chi connectivity index (χ1n) is 38.1. The number of morpholine rings is 1. The highest BCUT2D eigenvalue weighted by atomic mass is 35.5. The number of ether oxygens (including phenoxy) is 1. The van der Waals surface area contributed by atoms with Gasteiger partial charge in [-0.05, 0) is 160 Å². The summed E-state index contributed by atoms with van der Waals surface area (Å²) in [5.41, 5.74) is 1.26. The van der Waals surface area contributed by atoms with Gasteiger partial charge in [-0.25, -0.2) is 26.5 Å². The van der Waals surface area contributed by atoms with E-state index in [4.69, 9.17) is 16.3 Å². The molecule has 22 nitrogen and oxygen atoms in total. The summed E-state index contributed by atoms with van der Waals surface area (Å²) in [5, 5.41) is 9.74. The monoisotopic (exact) mass is 1620 g/mol. The van der Waals surface area contributed by atoms with Crippen molar-refractivity contribution in [2.45, 2.75) is 157 Å². The molecule has 4 aliphatic heterocycles. The number of alkyl halides is 3. The number of hydrogen-bond donors (Lipinski definition) is 4. The molecule has 4 saturated heterocycles. The van der Waals surface area contributed by atoms with Crippen LogP contribution < -0.4 is 25.6 Å². The number of likely N-dealkylation sites (tertiary alicyclic amines) is 1. The molecule has 5 heterocycles. The molecule has 6 aromatic rings. The molecule has 1 aliphatic carbocycles. The van der Waals surface area contributed by atoms with Crippen LogP contribution in [0, 0.1) is 17.8 Å². The van der Waals surface area contributed by atoms with Crippen molar-refractivity contribution in [2.75, 3.05) is 114 Å². The molecule has 30 heteroatoms. The van der Waals surface area contributed by atoms with Crippen LogP contribution in [0.15, 0.2) is 147 Å². The summed E-state index contributed by atoms with van der Waals surface area (Å²) in [6, 6.07) is 31.4. The second kappa shape index (κ2) is 36.9. The average molecular weight is 1630 g/mol. The Morgan fingerprint density at radius 3 is 2.08 bits per heavy atom. The smallest absolute Gasteiger partial charge is 0.380 e. The number of allylic oxidation sites excluding steroid dienone is 1. The quantitative estimate of drug-likeness (QED) is 0.0251. The molecule has 0 bridgehead atoms. The second-order valence-corrected chi connectivity index (χ2v) is 36.8. The number of sulfone groups is 1. The molecular weight excluding hydrogens is 1520 g/mol. The number of nitrogens with zero attached hydrogens (tertiary/aromatic N) is 7. The maximum Gasteiger partial charge on any atom is 0.501 e. The molecule has 4 N–H and O–H groups in total. The topological polar surface area (TPSA) is 260 Å². The minimum Gasteiger partial charge on any atom is -0.380 e. The number of hydrogen-bond acceptors (Lipinski definition) is 18. The standard InChI is InChI=1S/C81H101ClF3N11O11S4/c1-55(57-19-21-59(22-20-57)73-56(2)86-54-109-73)87-76(100)69-16-13-36-96(69)77(101)74(79(3,4)5)89-71(97)17-11-8-12-18-72(98)94-42-44-95(45-43-94)78(102)80(6)35-33-67(58-23-27-62(82)28-24-58)61(51-80)52-92-38-40-93(41-39-92)64-29-25-60(26-30-64)75(99)90-111(105,106)66-31-32-68(70(50-66)110(103,104)81(83,84)85)88-63(34-37-91-46-48-107-49-47-91)53-108-65-14-9-7-10-15-65/h7,9-10,14-15,19-32,50,54-55,63,69,74,88H,8,11-13,16-18,33-49,51-53H2,1-6H3,(H,87,100)(H,89,97)(H,90,99)/t55-,63+,69-,74?,80?/m0/s1. The van der Waals surface area contributed by atoms with Crippen LogP contribution >= 0.6 is 34.7 Å². The van der Waals surface area contributed by atoms with Gasteiger partial charge in [-0.2, -0.15) is 13.2 Å². The number of amides is 6. The number of unbranched alkanes of at least 4 members (excludes halogenated alkanes) is 2. The number of aromatic nitrogens is 1. The van der Waals surface area contributed by atoms with Crippen LogP contribution in [0.1, 0.15) is 138 Å². The van der Waals surface area contributed by atoms with Crippen LogP contribution in [0.2, 0.25) is 5.02 Å². The lowest BCUT2D eigenvalue weighted by atomic mass is 9.70. The van der Waals surface area contributed by atoms with Crippen molar-refractivity contribution in [3.8, 4) is 10.4 Å². The molecule has 0 radical (unpaired) electrons. The molecule has 598 valence electrons. The number of halogens is 4. The zero-order chi connectivity index (χ0) is 79.4. The summed E-state index contributed by atoms with van der Waals surface area (Å²) in [5.74, 6) is -1.48. The van der Waals surface area contributed by atoms with E-state index in [1.54, 1.807) is 28.4 Å². The Bertz CT molecular complexity index is 4530. The van der Waals surface area contributed by atoms with E-state index in [2.05, 4.69) is 35.6 Å². The van der Waals surface area contributed by atoms with Gasteiger partial charge in [-0.3, -0.25) is 38.6 Å². The summed E-state index contributed by atoms with van der Waals surface area (Å²) in [4.78, 5) is 99.8. The number of thiazole rings is 1. The van der Waals surface area contributed by atoms with Crippen molar-refractivity contribution in [2.24, 2.45) is 10.8 Å². The first-order chi connectivity index (χ1) is 52.8. The predicted octanol–water partition coefficient (Wildman–Crippen LogP) is 12.3. The van der Waals surface area contributed by atoms with Gasteiger partial charge in [0.05, 0.1) is 51.3 Å². The van der Waals surface area contributed by atoms with Gasteiger partial charge in [-0.1, -0.05) is 106 Å². The summed E-state index contributed by atoms with van der Waals surface area (Å²) < 4.78 is 105. The normalized spacial score (nSPS) is 19.3. The van der Waals surface area contributed by atoms with Crippen LogP contribution in [0.4, 0.5) is 24.5 Å². The summed E-state index contributed by atoms with van der Waals surface area (Å²) in [7, 11) is -11.1. The Morgan fingerprint density at radius 2 is 1.42 bits per heavy atom. The van der Waals surface area contributed by atoms with E-state index < -0.39 is 75.7 Å². The van der Waals surface area contributed by atoms with Crippen molar-refractivity contribution >= 4 is 107 Å². The number of anilines is 2. The Labute approximate surface area is 663 Å². The summed E-state index contributed by atoms with van der Waals surface area (Å²) >= 11 is 9.39. The van der Waals surface area contributed by atoms with E-state index in [-0.39, 0.29) is 47.6 Å². The minimum absolute atomic E-state index is 0.00358. The molecular formula is C81H101ClF3N11O11S4. The van der Waals surface area contributed by atoms with E-state index in [0.717, 1.165) is 55.6 Å². The predicted molar refractivity (Wildman–Crippen MR) is 427 cm³/mol. The van der Waals surface area contributed by atoms with Gasteiger partial charge in [0.15, 0.2) is 0 Å². The van der Waals surface area contributed by atoms with Gasteiger partial charge in [0.2, 0.25) is 29.5 Å². The first kappa shape index (κ1) is 84.0. The van der Waals surface area contributed by atoms with Gasteiger partial charge in [0.25, 0.3) is 25.8 Å². The SMILES string of the molecule is Cc1ncsc1-c1ccc([C@H](C)NC(=O)[C@@H]2CCCN2C(=O)C(NC(=O)CCCCCC(=O)N2CCN(C(=O)C3(C)CCC(c4ccc(Cl)cc4)=C(CN4CCN(c5ccc(C(=O)NS(=O)(=O)c6ccc(N[C@H](CCN7CCOCC7)CSc7ccccc7)c(S(=O)(=O)C(F)(F)F)c6)cc5)CC4)C3)CC2)C(C)(C)C)cc1. The second-order valence-electron chi connectivity index (χ2n) is 30.8. The zero-order valence-corrected chi connectivity index (χ0v) is 67.8. The van der Waals surface area contributed by atoms with Crippen LogP contribution in [0.5, 0.6) is 0 Å². The third-order valence-electron chi connectivity index (χ3n) is 21.7. The molecule has 0 saturated carbocycles. The van der Waals surface area contributed by atoms with E-state index in [1.165, 1.54) is 29.5 Å². The molecule has 5 aliphatic rings. The first-order valence-corrected chi connectivity index (χ1v) is 43.3. The van der Waals surface area contributed by atoms with Crippen molar-refractivity contribution in [3.63, 3.8) is 0 Å². The lowest BCUT2D eigenvalue weighted by Gasteiger charge is -2.43. The Kier molecular flexibility index (Phi) is 28.0. The molecule has 11 rings (SSSR count). The zero-order valence-electron chi connectivity index (χ0n) is 63.8. The molecule has 5 atom stereocenters. The van der Waals surface area contributed by atoms with Crippen molar-refractivity contribution in [3.05, 3.63) is 160 Å². The maximum atomic E-state index is 14.8. The number of carbonyl (C=O) groups is 6. The van der Waals surface area contributed by atoms with Crippen molar-refractivity contribution in [1.29, 1.82) is 0 Å². The lowest BCUT2D eigenvalue weighted by Crippen LogP contribution is -2.57. The fourth-order valence-electron chi connectivity index (χ4n) is 15.2. The highest BCUT2D eigenvalue weighted by Crippen LogP contribution is 2.45. The van der Waals surface area contributed by atoms with Gasteiger partial charge in [0.1, 0.15) is 17.0 Å². The van der Waals surface area contributed by atoms with Gasteiger partial charge < -0.3 is 40.3 Å². The van der Waals surface area contributed by atoms with E-state index in [1.807, 2.05) is 140 Å². The molecule has 5 aromatic carbocycles. The fraction of sp³-hybridized carbons (Fsp3) is 0.494. The molecule has 4 fully saturated rings. The van der Waals surface area contributed by atoms with Gasteiger partial charge in [0, 0.05) is 131 Å². The van der Waals surface area contributed by atoms with Crippen molar-refractivity contribution < 1.29 is 63.5 Å². The van der Waals surface area contributed by atoms with E-state index >= 15 is 0 Å². The Balaban J connectivity index is 0.634. The molecule has 1 aromatic heterocycles. The number of piperazine rings is 2. The molecule has 6 amide bonds. The number of carbonyl (C=O) groups excluding carboxylic acids is 6. The number of rotatable bonds is 29. The number of sulfonamides is 1. The third kappa shape index (κ3) is 21.5. The fourth-order valence-corrected chi connectivity index (χ4v) is 19.1. The van der Waals surface area contributed by atoms with E-state index in [0.29, 0.717) is 179 Å². The van der Waals surface area contributed by atoms with Crippen LogP contribution in [0.3, 0.4) is 0 Å². The van der Waals surface area contributed by atoms with Crippen molar-refractivity contribution in [1.82, 2.24) is 44.8 Å². The highest BCUT2D eigenvalue weighted by Gasteiger charge is 2.49. The van der Waals surface area contributed by atoms with Crippen LogP contribution in [0.25, 0.3) is 16.0 Å². The van der Waals surface area contributed by atoms with Gasteiger partial charge >= 0.3 is 5.51 Å². The Morgan fingerprint density at radius 1 is 0.757 bits per heavy atom. The molecule has 0 spiro atoms. The largest absolute Gasteiger partial charge is 0.501 e. The number of thioether (sulfide) groups is 1. The van der Waals surface area contributed by atoms with E-state index in [9.17, 15) is 58.8 Å².